The number of hydrogen-bond donors (Lipinski definition) is 1. The molecule has 0 aromatic carbocycles. The van der Waals surface area contributed by atoms with E-state index in [-0.39, 0.29) is 5.69 Å². The molecule has 18 heavy (non-hydrogen) atoms. The molecule has 0 aliphatic carbocycles. The van der Waals surface area contributed by atoms with E-state index in [0.29, 0.717) is 18.7 Å². The highest BCUT2D eigenvalue weighted by Gasteiger charge is 2.12. The van der Waals surface area contributed by atoms with Gasteiger partial charge < -0.3 is 5.11 Å². The molecule has 0 amide bonds. The molecule has 2 heterocycles. The van der Waals surface area contributed by atoms with Crippen LogP contribution < -0.4 is 0 Å². The van der Waals surface area contributed by atoms with E-state index in [4.69, 9.17) is 5.11 Å². The molecule has 94 valence electrons. The van der Waals surface area contributed by atoms with E-state index in [9.17, 15) is 4.79 Å². The average Bonchev–Trinajstić information content (AvgIpc) is 2.82. The molecule has 0 saturated heterocycles. The monoisotopic (exact) mass is 263 g/mol. The summed E-state index contributed by atoms with van der Waals surface area (Å²) in [5, 5.41) is 11.0. The van der Waals surface area contributed by atoms with Gasteiger partial charge in [-0.1, -0.05) is 6.07 Å². The van der Waals surface area contributed by atoms with Crippen LogP contribution in [0.4, 0.5) is 0 Å². The largest absolute Gasteiger partial charge is 0.477 e. The summed E-state index contributed by atoms with van der Waals surface area (Å²) in [6, 6.07) is 3.53. The lowest BCUT2D eigenvalue weighted by molar-refractivity contribution is 0.0688. The molecule has 0 fully saturated rings. The van der Waals surface area contributed by atoms with Gasteiger partial charge in [-0.15, -0.1) is 11.3 Å². The maximum atomic E-state index is 11.0. The van der Waals surface area contributed by atoms with Crippen LogP contribution in [0, 0.1) is 0 Å². The van der Waals surface area contributed by atoms with Crippen LogP contribution in [0.15, 0.2) is 29.2 Å². The minimum atomic E-state index is -0.993. The standard InChI is InChI=1S/C12H13N3O2S/c1-15(6-10-7-18-8-14-10)5-9-3-2-4-13-11(9)12(16)17/h2-4,7-8H,5-6H2,1H3,(H,16,17). The number of aromatic carboxylic acids is 1. The minimum Gasteiger partial charge on any atom is -0.477 e. The van der Waals surface area contributed by atoms with Crippen LogP contribution in [0.5, 0.6) is 0 Å². The summed E-state index contributed by atoms with van der Waals surface area (Å²) in [5.41, 5.74) is 3.60. The Labute approximate surface area is 109 Å². The lowest BCUT2D eigenvalue weighted by atomic mass is 10.2. The predicted octanol–water partition coefficient (Wildman–Crippen LogP) is 1.87. The van der Waals surface area contributed by atoms with Crippen LogP contribution >= 0.6 is 11.3 Å². The summed E-state index contributed by atoms with van der Waals surface area (Å²) in [7, 11) is 1.93. The van der Waals surface area contributed by atoms with Gasteiger partial charge in [0.15, 0.2) is 5.69 Å². The molecule has 0 atom stereocenters. The zero-order valence-electron chi connectivity index (χ0n) is 9.91. The Balaban J connectivity index is 2.07. The first-order valence-corrected chi connectivity index (χ1v) is 6.34. The highest BCUT2D eigenvalue weighted by molar-refractivity contribution is 7.07. The van der Waals surface area contributed by atoms with Crippen LogP contribution in [-0.2, 0) is 13.1 Å². The van der Waals surface area contributed by atoms with Gasteiger partial charge >= 0.3 is 5.97 Å². The van der Waals surface area contributed by atoms with Gasteiger partial charge in [0.05, 0.1) is 11.2 Å². The predicted molar refractivity (Wildman–Crippen MR) is 68.5 cm³/mol. The Bertz CT molecular complexity index is 528. The molecule has 1 N–H and O–H groups in total. The molecule has 6 heteroatoms. The molecule has 0 saturated carbocycles. The van der Waals surface area contributed by atoms with Gasteiger partial charge in [0.25, 0.3) is 0 Å². The molecule has 0 aliphatic rings. The van der Waals surface area contributed by atoms with Crippen LogP contribution in [0.1, 0.15) is 21.7 Å². The zero-order chi connectivity index (χ0) is 13.0. The number of hydrogen-bond acceptors (Lipinski definition) is 5. The fraction of sp³-hybridized carbons (Fsp3) is 0.250. The van der Waals surface area contributed by atoms with E-state index < -0.39 is 5.97 Å². The second-order valence-electron chi connectivity index (χ2n) is 3.97. The number of nitrogens with zero attached hydrogens (tertiary/aromatic N) is 3. The van der Waals surface area contributed by atoms with Crippen molar-refractivity contribution in [3.05, 3.63) is 46.2 Å². The summed E-state index contributed by atoms with van der Waals surface area (Å²) in [6.07, 6.45) is 1.49. The SMILES string of the molecule is CN(Cc1cscn1)Cc1cccnc1C(=O)O. The van der Waals surface area contributed by atoms with Gasteiger partial charge in [-0.05, 0) is 18.7 Å². The quantitative estimate of drug-likeness (QED) is 0.892. The number of carboxylic acids is 1. The van der Waals surface area contributed by atoms with Gasteiger partial charge in [0.1, 0.15) is 0 Å². The third-order valence-electron chi connectivity index (χ3n) is 2.45. The van der Waals surface area contributed by atoms with Crippen molar-refractivity contribution in [2.24, 2.45) is 0 Å². The van der Waals surface area contributed by atoms with Crippen LogP contribution in [-0.4, -0.2) is 33.0 Å². The fourth-order valence-corrected chi connectivity index (χ4v) is 2.25. The number of thiazole rings is 1. The van der Waals surface area contributed by atoms with Crippen molar-refractivity contribution in [1.82, 2.24) is 14.9 Å². The van der Waals surface area contributed by atoms with Crippen molar-refractivity contribution in [2.45, 2.75) is 13.1 Å². The fourth-order valence-electron chi connectivity index (χ4n) is 1.70. The molecule has 2 rings (SSSR count). The number of carboxylic acid groups (broad SMARTS) is 1. The highest BCUT2D eigenvalue weighted by atomic mass is 32.1. The highest BCUT2D eigenvalue weighted by Crippen LogP contribution is 2.11. The molecule has 2 aromatic rings. The number of pyridine rings is 1. The lowest BCUT2D eigenvalue weighted by Crippen LogP contribution is -2.19. The topological polar surface area (TPSA) is 66.3 Å². The van der Waals surface area contributed by atoms with E-state index in [1.165, 1.54) is 6.20 Å². The van der Waals surface area contributed by atoms with E-state index in [0.717, 1.165) is 5.69 Å². The third kappa shape index (κ3) is 3.12. The Morgan fingerprint density at radius 1 is 1.44 bits per heavy atom. The van der Waals surface area contributed by atoms with Crippen LogP contribution in [0.3, 0.4) is 0 Å². The van der Waals surface area contributed by atoms with Crippen molar-refractivity contribution in [3.63, 3.8) is 0 Å². The summed E-state index contributed by atoms with van der Waals surface area (Å²) in [4.78, 5) is 21.1. The Morgan fingerprint density at radius 2 is 2.28 bits per heavy atom. The maximum Gasteiger partial charge on any atom is 0.354 e. The van der Waals surface area contributed by atoms with Gasteiger partial charge in [-0.2, -0.15) is 0 Å². The summed E-state index contributed by atoms with van der Waals surface area (Å²) in [5.74, 6) is -0.993. The first kappa shape index (κ1) is 12.7. The van der Waals surface area contributed by atoms with E-state index in [2.05, 4.69) is 9.97 Å². The van der Waals surface area contributed by atoms with E-state index in [1.807, 2.05) is 17.3 Å². The van der Waals surface area contributed by atoms with Crippen molar-refractivity contribution in [2.75, 3.05) is 7.05 Å². The summed E-state index contributed by atoms with van der Waals surface area (Å²) in [6.45, 7) is 1.23. The molecule has 0 aliphatic heterocycles. The summed E-state index contributed by atoms with van der Waals surface area (Å²) >= 11 is 1.55. The third-order valence-corrected chi connectivity index (χ3v) is 3.08. The average molecular weight is 263 g/mol. The van der Waals surface area contributed by atoms with Gasteiger partial charge in [-0.3, -0.25) is 4.90 Å². The number of aromatic nitrogens is 2. The molecular weight excluding hydrogens is 250 g/mol. The zero-order valence-corrected chi connectivity index (χ0v) is 10.7. The van der Waals surface area contributed by atoms with Crippen LogP contribution in [0.2, 0.25) is 0 Å². The van der Waals surface area contributed by atoms with Crippen LogP contribution in [0.25, 0.3) is 0 Å². The molecule has 0 bridgehead atoms. The molecular formula is C12H13N3O2S. The normalized spacial score (nSPS) is 10.8. The molecule has 0 unspecified atom stereocenters. The Kier molecular flexibility index (Phi) is 4.01. The summed E-state index contributed by atoms with van der Waals surface area (Å²) < 4.78 is 0. The van der Waals surface area contributed by atoms with Crippen molar-refractivity contribution < 1.29 is 9.90 Å². The van der Waals surface area contributed by atoms with E-state index >= 15 is 0 Å². The van der Waals surface area contributed by atoms with Gasteiger partial charge in [-0.25, -0.2) is 14.8 Å². The second-order valence-corrected chi connectivity index (χ2v) is 4.69. The van der Waals surface area contributed by atoms with Crippen molar-refractivity contribution >= 4 is 17.3 Å². The molecule has 2 aromatic heterocycles. The molecule has 0 spiro atoms. The minimum absolute atomic E-state index is 0.114. The Morgan fingerprint density at radius 3 is 2.94 bits per heavy atom. The van der Waals surface area contributed by atoms with E-state index in [1.54, 1.807) is 29.0 Å². The maximum absolute atomic E-state index is 11.0. The van der Waals surface area contributed by atoms with Gasteiger partial charge in [0, 0.05) is 24.7 Å². The Hall–Kier alpha value is -1.79. The lowest BCUT2D eigenvalue weighted by Gasteiger charge is -2.16. The first-order valence-electron chi connectivity index (χ1n) is 5.39. The first-order chi connectivity index (χ1) is 8.66. The van der Waals surface area contributed by atoms with Crippen molar-refractivity contribution in [1.29, 1.82) is 0 Å². The molecule has 0 radical (unpaired) electrons. The van der Waals surface area contributed by atoms with Crippen molar-refractivity contribution in [3.8, 4) is 0 Å². The van der Waals surface area contributed by atoms with Gasteiger partial charge in [0.2, 0.25) is 0 Å². The smallest absolute Gasteiger partial charge is 0.354 e. The number of carbonyl (C=O) groups is 1. The molecule has 5 nitrogen and oxygen atoms in total. The number of rotatable bonds is 5. The second kappa shape index (κ2) is 5.70.